The quantitative estimate of drug-likeness (QED) is 0.533. The molecule has 0 amide bonds. The van der Waals surface area contributed by atoms with Gasteiger partial charge in [-0.3, -0.25) is 0 Å². The van der Waals surface area contributed by atoms with Crippen LogP contribution in [0.25, 0.3) is 0 Å². The van der Waals surface area contributed by atoms with Crippen molar-refractivity contribution < 1.29 is 43.5 Å². The van der Waals surface area contributed by atoms with E-state index in [0.717, 1.165) is 0 Å². The summed E-state index contributed by atoms with van der Waals surface area (Å²) in [5, 5.41) is 0. The van der Waals surface area contributed by atoms with E-state index in [4.69, 9.17) is 9.05 Å². The molecule has 16 heavy (non-hydrogen) atoms. The average Bonchev–Trinajstić information content (AvgIpc) is 2.19. The zero-order valence-electron chi connectivity index (χ0n) is 9.92. The van der Waals surface area contributed by atoms with Crippen molar-refractivity contribution in [1.82, 2.24) is 0 Å². The van der Waals surface area contributed by atoms with Crippen molar-refractivity contribution in [3.8, 4) is 0 Å². The maximum atomic E-state index is 12.0. The average molecular weight is 251 g/mol. The van der Waals surface area contributed by atoms with Crippen molar-refractivity contribution in [1.29, 1.82) is 0 Å². The van der Waals surface area contributed by atoms with E-state index in [2.05, 4.69) is 4.74 Å². The van der Waals surface area contributed by atoms with Crippen molar-refractivity contribution in [2.75, 3.05) is 13.2 Å². The minimum absolute atomic E-state index is 0. The van der Waals surface area contributed by atoms with Crippen LogP contribution in [-0.2, 0) is 9.05 Å². The Kier molecular flexibility index (Phi) is 8.60. The molecule has 0 unspecified atom stereocenters. The summed E-state index contributed by atoms with van der Waals surface area (Å²) in [5.41, 5.74) is 0.600. The van der Waals surface area contributed by atoms with Gasteiger partial charge >= 0.3 is 29.6 Å². The van der Waals surface area contributed by atoms with E-state index in [1.54, 1.807) is 26.0 Å². The third-order valence-electron chi connectivity index (χ3n) is 1.58. The zero-order chi connectivity index (χ0) is 11.1. The van der Waals surface area contributed by atoms with Crippen LogP contribution >= 0.6 is 7.74 Å². The van der Waals surface area contributed by atoms with Gasteiger partial charge < -0.3 is 13.9 Å². The molecule has 0 radical (unpaired) electrons. The second-order valence-corrected chi connectivity index (χ2v) is 4.39. The molecule has 0 spiro atoms. The number of benzene rings is 1. The SMILES string of the molecule is CCOP([O-])(=Nc1ccccc1)OCC.[Na+]. The van der Waals surface area contributed by atoms with E-state index in [-0.39, 0.29) is 29.6 Å². The molecular weight excluding hydrogens is 236 g/mol. The maximum absolute atomic E-state index is 12.0. The molecule has 1 rings (SSSR count). The molecule has 0 aromatic heterocycles. The molecule has 0 N–H and O–H groups in total. The largest absolute Gasteiger partial charge is 1.00 e. The Labute approximate surface area is 119 Å². The summed E-state index contributed by atoms with van der Waals surface area (Å²) in [4.78, 5) is 12.0. The minimum Gasteiger partial charge on any atom is -0.773 e. The molecule has 0 saturated heterocycles. The van der Waals surface area contributed by atoms with Gasteiger partial charge in [0.1, 0.15) is 7.74 Å². The first-order valence-electron chi connectivity index (χ1n) is 4.87. The van der Waals surface area contributed by atoms with E-state index in [0.29, 0.717) is 18.9 Å². The second-order valence-electron chi connectivity index (χ2n) is 2.74. The maximum Gasteiger partial charge on any atom is 1.00 e. The van der Waals surface area contributed by atoms with Gasteiger partial charge in [-0.05, 0) is 26.0 Å². The van der Waals surface area contributed by atoms with Gasteiger partial charge in [-0.15, -0.1) is 0 Å². The summed E-state index contributed by atoms with van der Waals surface area (Å²) in [6, 6.07) is 9.02. The molecule has 4 nitrogen and oxygen atoms in total. The molecule has 0 atom stereocenters. The predicted octanol–water partition coefficient (Wildman–Crippen LogP) is -0.298. The van der Waals surface area contributed by atoms with Gasteiger partial charge in [0, 0.05) is 0 Å². The van der Waals surface area contributed by atoms with Crippen LogP contribution in [0.2, 0.25) is 0 Å². The molecule has 0 aliphatic heterocycles. The van der Waals surface area contributed by atoms with Crippen LogP contribution in [0.15, 0.2) is 35.1 Å². The second kappa shape index (κ2) is 8.43. The van der Waals surface area contributed by atoms with Crippen molar-refractivity contribution in [3.05, 3.63) is 30.3 Å². The van der Waals surface area contributed by atoms with E-state index in [9.17, 15) is 4.89 Å². The summed E-state index contributed by atoms with van der Waals surface area (Å²) >= 11 is 0. The Morgan fingerprint density at radius 3 is 2.06 bits per heavy atom. The summed E-state index contributed by atoms with van der Waals surface area (Å²) in [6.07, 6.45) is 0. The number of hydrogen-bond acceptors (Lipinski definition) is 4. The smallest absolute Gasteiger partial charge is 0.773 e. The third-order valence-corrected chi connectivity index (χ3v) is 3.22. The standard InChI is InChI=1S/C10H15NO3P.Na/c1-3-13-15(12,14-4-2)11-10-8-6-5-7-9-10;/h5-9H,3-4H2,1-2H3;/q-1;+1. The van der Waals surface area contributed by atoms with Crippen LogP contribution in [-0.4, -0.2) is 13.2 Å². The molecule has 0 fully saturated rings. The van der Waals surface area contributed by atoms with Gasteiger partial charge in [0.05, 0.1) is 18.9 Å². The summed E-state index contributed by atoms with van der Waals surface area (Å²) in [7, 11) is -3.32. The van der Waals surface area contributed by atoms with E-state index >= 15 is 0 Å². The van der Waals surface area contributed by atoms with Gasteiger partial charge in [0.2, 0.25) is 0 Å². The molecular formula is C10H15NNaO3P. The Balaban J connectivity index is 0.00000225. The van der Waals surface area contributed by atoms with E-state index in [1.807, 2.05) is 18.2 Å². The first-order valence-corrected chi connectivity index (χ1v) is 6.37. The van der Waals surface area contributed by atoms with Gasteiger partial charge in [-0.25, -0.2) is 4.74 Å². The fraction of sp³-hybridized carbons (Fsp3) is 0.400. The van der Waals surface area contributed by atoms with Crippen molar-refractivity contribution in [2.24, 2.45) is 4.74 Å². The predicted molar refractivity (Wildman–Crippen MR) is 58.7 cm³/mol. The number of rotatable bonds is 5. The molecule has 1 aromatic rings. The summed E-state index contributed by atoms with van der Waals surface area (Å²) in [5.74, 6) is 0. The fourth-order valence-corrected chi connectivity index (χ4v) is 2.32. The normalized spacial score (nSPS) is 10.7. The number of hydrogen-bond donors (Lipinski definition) is 0. The van der Waals surface area contributed by atoms with Gasteiger partial charge in [-0.1, -0.05) is 18.2 Å². The summed E-state index contributed by atoms with van der Waals surface area (Å²) < 4.78 is 14.1. The van der Waals surface area contributed by atoms with Gasteiger partial charge in [-0.2, -0.15) is 0 Å². The van der Waals surface area contributed by atoms with Crippen LogP contribution in [0, 0.1) is 0 Å². The van der Waals surface area contributed by atoms with Crippen LogP contribution in [0.3, 0.4) is 0 Å². The van der Waals surface area contributed by atoms with Crippen molar-refractivity contribution in [3.63, 3.8) is 0 Å². The zero-order valence-corrected chi connectivity index (χ0v) is 12.8. The Bertz CT molecular complexity index is 335. The Morgan fingerprint density at radius 1 is 1.12 bits per heavy atom. The molecule has 0 saturated carbocycles. The molecule has 0 aliphatic carbocycles. The minimum atomic E-state index is -3.32. The van der Waals surface area contributed by atoms with Crippen LogP contribution in [0.5, 0.6) is 0 Å². The molecule has 1 aromatic carbocycles. The number of nitrogens with zero attached hydrogens (tertiary/aromatic N) is 1. The Hall–Kier alpha value is 0.330. The molecule has 6 heteroatoms. The van der Waals surface area contributed by atoms with Crippen LogP contribution in [0.4, 0.5) is 5.69 Å². The molecule has 0 bridgehead atoms. The molecule has 0 aliphatic rings. The monoisotopic (exact) mass is 251 g/mol. The van der Waals surface area contributed by atoms with Crippen molar-refractivity contribution in [2.45, 2.75) is 13.8 Å². The van der Waals surface area contributed by atoms with E-state index in [1.165, 1.54) is 0 Å². The topological polar surface area (TPSA) is 53.9 Å². The molecule has 84 valence electrons. The Morgan fingerprint density at radius 2 is 1.62 bits per heavy atom. The van der Waals surface area contributed by atoms with Crippen LogP contribution in [0.1, 0.15) is 13.8 Å². The third kappa shape index (κ3) is 5.60. The van der Waals surface area contributed by atoms with Gasteiger partial charge in [0.25, 0.3) is 0 Å². The van der Waals surface area contributed by atoms with Gasteiger partial charge in [0.15, 0.2) is 0 Å². The fourth-order valence-electron chi connectivity index (χ4n) is 1.06. The first-order chi connectivity index (χ1) is 7.20. The van der Waals surface area contributed by atoms with E-state index < -0.39 is 7.74 Å². The van der Waals surface area contributed by atoms with Crippen LogP contribution < -0.4 is 34.5 Å². The molecule has 0 heterocycles. The van der Waals surface area contributed by atoms with Crippen molar-refractivity contribution >= 4 is 13.4 Å². The summed E-state index contributed by atoms with van der Waals surface area (Å²) in [6.45, 7) is 4.14. The first kappa shape index (κ1) is 16.3.